The van der Waals surface area contributed by atoms with Crippen LogP contribution in [-0.4, -0.2) is 82.7 Å². The quantitative estimate of drug-likeness (QED) is 0.439. The molecule has 0 spiro atoms. The van der Waals surface area contributed by atoms with E-state index in [2.05, 4.69) is 41.9 Å². The minimum absolute atomic E-state index is 0.0169. The highest BCUT2D eigenvalue weighted by Gasteiger charge is 2.31. The Kier molecular flexibility index (Phi) is 8.27. The first-order chi connectivity index (χ1) is 20.0. The van der Waals surface area contributed by atoms with Crippen LogP contribution >= 0.6 is 0 Å². The van der Waals surface area contributed by atoms with E-state index in [4.69, 9.17) is 10.5 Å². The molecule has 0 atom stereocenters. The zero-order valence-corrected chi connectivity index (χ0v) is 23.5. The number of fused-ring (bicyclic) bond motifs is 1. The Balaban J connectivity index is 1.18. The number of nitrogens with two attached hydrogens (primary N) is 1. The highest BCUT2D eigenvalue weighted by Crippen LogP contribution is 2.41. The lowest BCUT2D eigenvalue weighted by Gasteiger charge is -2.40. The predicted molar refractivity (Wildman–Crippen MR) is 155 cm³/mol. The molecule has 9 nitrogen and oxygen atoms in total. The van der Waals surface area contributed by atoms with Crippen LogP contribution < -0.4 is 20.7 Å². The third kappa shape index (κ3) is 6.27. The third-order valence-electron chi connectivity index (χ3n) is 8.49. The summed E-state index contributed by atoms with van der Waals surface area (Å²) < 4.78 is 36.0. The Hall–Kier alpha value is -3.41. The number of hydrogen-bond donors (Lipinski definition) is 2. The average Bonchev–Trinajstić information content (AvgIpc) is 3.00. The summed E-state index contributed by atoms with van der Waals surface area (Å²) in [7, 11) is 0. The number of rotatable bonds is 7. The fraction of sp³-hybridized carbons (Fsp3) is 0.500. The number of anilines is 3. The molecule has 4 heterocycles. The van der Waals surface area contributed by atoms with Crippen LogP contribution in [0.5, 0.6) is 5.75 Å². The van der Waals surface area contributed by atoms with E-state index >= 15 is 8.78 Å². The van der Waals surface area contributed by atoms with Gasteiger partial charge in [0.05, 0.1) is 18.4 Å². The lowest BCUT2D eigenvalue weighted by Crippen LogP contribution is -2.45. The zero-order valence-electron chi connectivity index (χ0n) is 23.5. The van der Waals surface area contributed by atoms with Crippen molar-refractivity contribution in [3.63, 3.8) is 0 Å². The number of likely N-dealkylation sites (N-methyl/N-ethyl adjacent to an activating group) is 1. The van der Waals surface area contributed by atoms with Gasteiger partial charge < -0.3 is 25.6 Å². The van der Waals surface area contributed by atoms with Gasteiger partial charge in [0, 0.05) is 56.6 Å². The van der Waals surface area contributed by atoms with E-state index in [1.807, 2.05) is 18.3 Å². The molecule has 3 N–H and O–H groups in total. The Morgan fingerprint density at radius 2 is 1.73 bits per heavy atom. The summed E-state index contributed by atoms with van der Waals surface area (Å²) >= 11 is 0. The molecule has 1 aromatic carbocycles. The Labute approximate surface area is 239 Å². The Bertz CT molecular complexity index is 1340. The number of pyridine rings is 1. The number of nitrogens with one attached hydrogen (secondary N) is 1. The van der Waals surface area contributed by atoms with Gasteiger partial charge in [-0.15, -0.1) is 0 Å². The van der Waals surface area contributed by atoms with Crippen LogP contribution in [0.1, 0.15) is 38.2 Å². The summed E-state index contributed by atoms with van der Waals surface area (Å²) in [6.45, 7) is 9.44. The van der Waals surface area contributed by atoms with Gasteiger partial charge in [0.2, 0.25) is 5.95 Å². The highest BCUT2D eigenvalue weighted by atomic mass is 19.1. The first-order valence-electron chi connectivity index (χ1n) is 14.6. The van der Waals surface area contributed by atoms with E-state index in [-0.39, 0.29) is 29.5 Å². The fourth-order valence-electron chi connectivity index (χ4n) is 6.09. The maximum atomic E-state index is 15.3. The monoisotopic (exact) mass is 564 g/mol. The number of aromatic nitrogens is 3. The van der Waals surface area contributed by atoms with Gasteiger partial charge in [-0.3, -0.25) is 4.90 Å². The number of ether oxygens (including phenoxy) is 1. The van der Waals surface area contributed by atoms with Gasteiger partial charge >= 0.3 is 0 Å². The van der Waals surface area contributed by atoms with E-state index in [0.717, 1.165) is 76.7 Å². The maximum Gasteiger partial charge on any atom is 0.229 e. The van der Waals surface area contributed by atoms with Crippen molar-refractivity contribution >= 4 is 17.5 Å². The predicted octanol–water partition coefficient (Wildman–Crippen LogP) is 4.17. The number of hydrogen-bond acceptors (Lipinski definition) is 9. The summed E-state index contributed by atoms with van der Waals surface area (Å²) in [5, 5.41) is 3.07. The first kappa shape index (κ1) is 27.7. The highest BCUT2D eigenvalue weighted by molar-refractivity contribution is 5.73. The molecule has 1 aliphatic carbocycles. The van der Waals surface area contributed by atoms with Crippen LogP contribution in [0.4, 0.5) is 26.2 Å². The molecule has 0 bridgehead atoms. The summed E-state index contributed by atoms with van der Waals surface area (Å²) in [4.78, 5) is 20.1. The van der Waals surface area contributed by atoms with Gasteiger partial charge in [-0.1, -0.05) is 13.0 Å². The second-order valence-corrected chi connectivity index (χ2v) is 11.2. The van der Waals surface area contributed by atoms with Gasteiger partial charge in [-0.05, 0) is 56.0 Å². The van der Waals surface area contributed by atoms with Crippen LogP contribution in [0.15, 0.2) is 36.7 Å². The Morgan fingerprint density at radius 1 is 0.951 bits per heavy atom. The Morgan fingerprint density at radius 3 is 2.46 bits per heavy atom. The molecule has 3 aliphatic rings. The van der Waals surface area contributed by atoms with E-state index < -0.39 is 11.6 Å². The number of piperazine rings is 1. The van der Waals surface area contributed by atoms with Gasteiger partial charge in [-0.2, -0.15) is 0 Å². The van der Waals surface area contributed by atoms with Crippen molar-refractivity contribution in [2.24, 2.45) is 5.73 Å². The molecule has 2 fully saturated rings. The maximum absolute atomic E-state index is 15.3. The van der Waals surface area contributed by atoms with Gasteiger partial charge in [-0.25, -0.2) is 23.7 Å². The lowest BCUT2D eigenvalue weighted by atomic mass is 9.90. The smallest absolute Gasteiger partial charge is 0.229 e. The summed E-state index contributed by atoms with van der Waals surface area (Å²) in [6, 6.07) is 7.40. The zero-order chi connectivity index (χ0) is 28.3. The van der Waals surface area contributed by atoms with Crippen molar-refractivity contribution in [2.45, 2.75) is 51.2 Å². The molecule has 1 saturated heterocycles. The SMILES string of the molecule is CCN1CCN(Cc2ccc(Nc3ncc(F)c(-c4cc(F)c5c(c4)N(C4CCC(N)CC4)CCO5)n3)nc2)CC1. The van der Waals surface area contributed by atoms with Crippen LogP contribution in [-0.2, 0) is 6.54 Å². The van der Waals surface area contributed by atoms with Crippen molar-refractivity contribution in [3.8, 4) is 17.0 Å². The fourth-order valence-corrected chi connectivity index (χ4v) is 6.09. The minimum atomic E-state index is -0.631. The molecule has 1 saturated carbocycles. The van der Waals surface area contributed by atoms with Crippen molar-refractivity contribution in [1.29, 1.82) is 0 Å². The van der Waals surface area contributed by atoms with E-state index in [9.17, 15) is 0 Å². The topological polar surface area (TPSA) is 95.7 Å². The molecule has 41 heavy (non-hydrogen) atoms. The first-order valence-corrected chi connectivity index (χ1v) is 14.6. The number of halogens is 2. The lowest BCUT2D eigenvalue weighted by molar-refractivity contribution is 0.132. The second kappa shape index (κ2) is 12.2. The molecule has 2 aromatic heterocycles. The molecule has 218 valence electrons. The molecule has 3 aromatic rings. The summed E-state index contributed by atoms with van der Waals surface area (Å²) in [5.74, 6) is -0.221. The summed E-state index contributed by atoms with van der Waals surface area (Å²) in [6.07, 6.45) is 6.67. The van der Waals surface area contributed by atoms with Gasteiger partial charge in [0.15, 0.2) is 17.4 Å². The van der Waals surface area contributed by atoms with Gasteiger partial charge in [0.25, 0.3) is 0 Å². The molecule has 0 radical (unpaired) electrons. The van der Waals surface area contributed by atoms with Crippen LogP contribution in [0.2, 0.25) is 0 Å². The molecule has 0 unspecified atom stereocenters. The van der Waals surface area contributed by atoms with Crippen LogP contribution in [0.3, 0.4) is 0 Å². The van der Waals surface area contributed by atoms with Crippen molar-refractivity contribution < 1.29 is 13.5 Å². The standard InChI is InChI=1S/C30H38F2N8O/c1-2-38-9-11-39(12-10-38)19-20-3-8-27(34-17-20)36-30-35-18-25(32)28(37-30)21-15-24(31)29-26(16-21)40(13-14-41-29)23-6-4-22(33)5-7-23/h3,8,15-18,22-23H,2,4-7,9-14,19,33H2,1H3,(H,34,35,36,37). The number of nitrogens with zero attached hydrogens (tertiary/aromatic N) is 6. The van der Waals surface area contributed by atoms with Crippen molar-refractivity contribution in [1.82, 2.24) is 24.8 Å². The second-order valence-electron chi connectivity index (χ2n) is 11.2. The molecule has 11 heteroatoms. The van der Waals surface area contributed by atoms with Crippen LogP contribution in [0, 0.1) is 11.6 Å². The molecule has 0 amide bonds. The summed E-state index contributed by atoms with van der Waals surface area (Å²) in [5.41, 5.74) is 8.22. The molecule has 2 aliphatic heterocycles. The normalized spacial score (nSPS) is 21.8. The minimum Gasteiger partial charge on any atom is -0.486 e. The molecule has 6 rings (SSSR count). The van der Waals surface area contributed by atoms with Crippen LogP contribution in [0.25, 0.3) is 11.3 Å². The van der Waals surface area contributed by atoms with E-state index in [1.165, 1.54) is 6.07 Å². The van der Waals surface area contributed by atoms with Gasteiger partial charge in [0.1, 0.15) is 18.1 Å². The van der Waals surface area contributed by atoms with Crippen molar-refractivity contribution in [3.05, 3.63) is 53.9 Å². The number of benzene rings is 1. The average molecular weight is 565 g/mol. The largest absolute Gasteiger partial charge is 0.486 e. The van der Waals surface area contributed by atoms with Crippen molar-refractivity contribution in [2.75, 3.05) is 56.1 Å². The van der Waals surface area contributed by atoms with E-state index in [1.54, 1.807) is 6.07 Å². The third-order valence-corrected chi connectivity index (χ3v) is 8.49. The molecular weight excluding hydrogens is 526 g/mol. The molecular formula is C30H38F2N8O. The van der Waals surface area contributed by atoms with E-state index in [0.29, 0.717) is 30.2 Å².